The number of fused-ring (bicyclic) bond motifs is 1. The Kier molecular flexibility index (Phi) is 2.94. The van der Waals surface area contributed by atoms with Gasteiger partial charge in [-0.25, -0.2) is 0 Å². The number of carbonyl (C=O) groups excluding carboxylic acids is 1. The van der Waals surface area contributed by atoms with Gasteiger partial charge in [0.25, 0.3) is 0 Å². The van der Waals surface area contributed by atoms with Crippen LogP contribution < -0.4 is 0 Å². The molecule has 1 N–H and O–H groups in total. The van der Waals surface area contributed by atoms with E-state index in [1.807, 2.05) is 24.4 Å². The number of H-pyrrole nitrogens is 1. The first-order chi connectivity index (χ1) is 8.99. The maximum Gasteiger partial charge on any atom is 0.168 e. The summed E-state index contributed by atoms with van der Waals surface area (Å²) < 4.78 is 0. The Morgan fingerprint density at radius 3 is 2.89 bits per heavy atom. The Bertz CT molecular complexity index is 641. The van der Waals surface area contributed by atoms with Crippen molar-refractivity contribution in [2.75, 3.05) is 0 Å². The number of aromatic amines is 1. The van der Waals surface area contributed by atoms with Crippen molar-refractivity contribution in [3.8, 4) is 0 Å². The van der Waals surface area contributed by atoms with E-state index >= 15 is 0 Å². The topological polar surface area (TPSA) is 32.9 Å². The maximum atomic E-state index is 12.8. The molecule has 1 aliphatic rings. The van der Waals surface area contributed by atoms with Crippen LogP contribution in [0.1, 0.15) is 43.5 Å². The molecule has 2 nitrogen and oxygen atoms in total. The lowest BCUT2D eigenvalue weighted by molar-refractivity contribution is 0.0841. The SMILES string of the molecule is CC1(C)CCCC1C(=O)c1c[nH]c2ccc(Cl)cc12. The van der Waals surface area contributed by atoms with Gasteiger partial charge in [0.05, 0.1) is 0 Å². The molecule has 1 saturated carbocycles. The highest BCUT2D eigenvalue weighted by Gasteiger charge is 2.40. The number of aromatic nitrogens is 1. The number of nitrogens with one attached hydrogen (secondary N) is 1. The third-order valence-electron chi connectivity index (χ3n) is 4.48. The molecule has 0 bridgehead atoms. The van der Waals surface area contributed by atoms with E-state index in [4.69, 9.17) is 11.6 Å². The number of carbonyl (C=O) groups is 1. The molecule has 100 valence electrons. The zero-order valence-electron chi connectivity index (χ0n) is 11.3. The third-order valence-corrected chi connectivity index (χ3v) is 4.72. The van der Waals surface area contributed by atoms with Gasteiger partial charge < -0.3 is 4.98 Å². The zero-order chi connectivity index (χ0) is 13.6. The van der Waals surface area contributed by atoms with Crippen molar-refractivity contribution < 1.29 is 4.79 Å². The van der Waals surface area contributed by atoms with E-state index < -0.39 is 0 Å². The van der Waals surface area contributed by atoms with Crippen LogP contribution in [-0.4, -0.2) is 10.8 Å². The summed E-state index contributed by atoms with van der Waals surface area (Å²) in [6.07, 6.45) is 5.11. The van der Waals surface area contributed by atoms with Gasteiger partial charge in [-0.15, -0.1) is 0 Å². The normalized spacial score (nSPS) is 21.9. The minimum Gasteiger partial charge on any atom is -0.360 e. The first-order valence-corrected chi connectivity index (χ1v) is 7.18. The summed E-state index contributed by atoms with van der Waals surface area (Å²) in [5.41, 5.74) is 1.88. The van der Waals surface area contributed by atoms with E-state index in [9.17, 15) is 4.79 Å². The van der Waals surface area contributed by atoms with Crippen molar-refractivity contribution in [2.45, 2.75) is 33.1 Å². The average molecular weight is 276 g/mol. The van der Waals surface area contributed by atoms with E-state index in [1.54, 1.807) is 0 Å². The van der Waals surface area contributed by atoms with Gasteiger partial charge in [-0.1, -0.05) is 31.9 Å². The first-order valence-electron chi connectivity index (χ1n) is 6.80. The molecule has 3 rings (SSSR count). The summed E-state index contributed by atoms with van der Waals surface area (Å²) in [6.45, 7) is 4.40. The van der Waals surface area contributed by atoms with Gasteiger partial charge in [0.15, 0.2) is 5.78 Å². The number of hydrogen-bond acceptors (Lipinski definition) is 1. The Morgan fingerprint density at radius 2 is 2.21 bits per heavy atom. The second-order valence-corrected chi connectivity index (χ2v) is 6.63. The monoisotopic (exact) mass is 275 g/mol. The summed E-state index contributed by atoms with van der Waals surface area (Å²) in [4.78, 5) is 16.0. The molecule has 1 unspecified atom stereocenters. The third kappa shape index (κ3) is 2.08. The van der Waals surface area contributed by atoms with E-state index in [2.05, 4.69) is 18.8 Å². The fourth-order valence-electron chi connectivity index (χ4n) is 3.30. The van der Waals surface area contributed by atoms with Crippen molar-refractivity contribution in [2.24, 2.45) is 11.3 Å². The van der Waals surface area contributed by atoms with Gasteiger partial charge in [-0.3, -0.25) is 4.79 Å². The molecule has 1 aromatic carbocycles. The van der Waals surface area contributed by atoms with Crippen molar-refractivity contribution in [1.82, 2.24) is 4.98 Å². The lowest BCUT2D eigenvalue weighted by Crippen LogP contribution is -2.25. The summed E-state index contributed by atoms with van der Waals surface area (Å²) in [6, 6.07) is 5.64. The Morgan fingerprint density at radius 1 is 1.42 bits per heavy atom. The molecule has 2 aromatic rings. The van der Waals surface area contributed by atoms with Crippen molar-refractivity contribution in [3.63, 3.8) is 0 Å². The van der Waals surface area contributed by atoms with Crippen LogP contribution in [0.15, 0.2) is 24.4 Å². The molecule has 0 saturated heterocycles. The zero-order valence-corrected chi connectivity index (χ0v) is 12.1. The second-order valence-electron chi connectivity index (χ2n) is 6.19. The van der Waals surface area contributed by atoms with Gasteiger partial charge in [0.1, 0.15) is 0 Å². The van der Waals surface area contributed by atoms with Crippen molar-refractivity contribution >= 4 is 28.3 Å². The van der Waals surface area contributed by atoms with Crippen molar-refractivity contribution in [1.29, 1.82) is 0 Å². The first kappa shape index (κ1) is 12.7. The molecular formula is C16H18ClNO. The van der Waals surface area contributed by atoms with Crippen LogP contribution in [0.2, 0.25) is 5.02 Å². The molecule has 1 fully saturated rings. The number of rotatable bonds is 2. The Balaban J connectivity index is 2.05. The van der Waals surface area contributed by atoms with Gasteiger partial charge in [0, 0.05) is 33.6 Å². The standard InChI is InChI=1S/C16H18ClNO/c1-16(2)7-3-4-13(16)15(19)12-9-18-14-6-5-10(17)8-11(12)14/h5-6,8-9,13,18H,3-4,7H2,1-2H3. The molecule has 1 aliphatic carbocycles. The summed E-state index contributed by atoms with van der Waals surface area (Å²) in [5, 5.41) is 1.62. The van der Waals surface area contributed by atoms with Gasteiger partial charge in [-0.05, 0) is 36.5 Å². The van der Waals surface area contributed by atoms with Crippen LogP contribution in [0.3, 0.4) is 0 Å². The van der Waals surface area contributed by atoms with Gasteiger partial charge >= 0.3 is 0 Å². The minimum absolute atomic E-state index is 0.110. The van der Waals surface area contributed by atoms with E-state index in [1.165, 1.54) is 0 Å². The van der Waals surface area contributed by atoms with Crippen LogP contribution in [0.5, 0.6) is 0 Å². The summed E-state index contributed by atoms with van der Waals surface area (Å²) in [7, 11) is 0. The lowest BCUT2D eigenvalue weighted by atomic mass is 9.78. The largest absolute Gasteiger partial charge is 0.360 e. The molecule has 1 aromatic heterocycles. The van der Waals surface area contributed by atoms with E-state index in [0.717, 1.165) is 35.7 Å². The fraction of sp³-hybridized carbons (Fsp3) is 0.438. The quantitative estimate of drug-likeness (QED) is 0.782. The highest BCUT2D eigenvalue weighted by molar-refractivity contribution is 6.31. The Labute approximate surface area is 118 Å². The van der Waals surface area contributed by atoms with Gasteiger partial charge in [0.2, 0.25) is 0 Å². The van der Waals surface area contributed by atoms with Crippen LogP contribution in [0, 0.1) is 11.3 Å². The lowest BCUT2D eigenvalue weighted by Gasteiger charge is -2.25. The number of hydrogen-bond donors (Lipinski definition) is 1. The van der Waals surface area contributed by atoms with Gasteiger partial charge in [-0.2, -0.15) is 0 Å². The molecule has 0 spiro atoms. The number of halogens is 1. The molecule has 0 aliphatic heterocycles. The molecule has 0 amide bonds. The molecule has 1 atom stereocenters. The molecule has 0 radical (unpaired) electrons. The van der Waals surface area contributed by atoms with Crippen LogP contribution >= 0.6 is 11.6 Å². The van der Waals surface area contributed by atoms with Crippen LogP contribution in [0.25, 0.3) is 10.9 Å². The number of Topliss-reactive ketones (excluding diaryl/α,β-unsaturated/α-hetero) is 1. The number of benzene rings is 1. The highest BCUT2D eigenvalue weighted by Crippen LogP contribution is 2.44. The second kappa shape index (κ2) is 4.38. The molecule has 19 heavy (non-hydrogen) atoms. The molecule has 3 heteroatoms. The highest BCUT2D eigenvalue weighted by atomic mass is 35.5. The summed E-state index contributed by atoms with van der Waals surface area (Å²) >= 11 is 6.04. The maximum absolute atomic E-state index is 12.8. The predicted octanol–water partition coefficient (Wildman–Crippen LogP) is 4.83. The molecular weight excluding hydrogens is 258 g/mol. The summed E-state index contributed by atoms with van der Waals surface area (Å²) in [5.74, 6) is 0.390. The van der Waals surface area contributed by atoms with Crippen LogP contribution in [0.4, 0.5) is 0 Å². The average Bonchev–Trinajstić information content (AvgIpc) is 2.91. The molecule has 1 heterocycles. The minimum atomic E-state index is 0.110. The van der Waals surface area contributed by atoms with Crippen LogP contribution in [-0.2, 0) is 0 Å². The predicted molar refractivity (Wildman–Crippen MR) is 78.8 cm³/mol. The number of ketones is 1. The van der Waals surface area contributed by atoms with E-state index in [0.29, 0.717) is 5.02 Å². The fourth-order valence-corrected chi connectivity index (χ4v) is 3.47. The Hall–Kier alpha value is -1.28. The smallest absolute Gasteiger partial charge is 0.168 e. The van der Waals surface area contributed by atoms with E-state index in [-0.39, 0.29) is 17.1 Å². The van der Waals surface area contributed by atoms with Crippen molar-refractivity contribution in [3.05, 3.63) is 35.0 Å².